The van der Waals surface area contributed by atoms with E-state index < -0.39 is 17.2 Å². The van der Waals surface area contributed by atoms with Crippen LogP contribution in [0, 0.1) is 0 Å². The van der Waals surface area contributed by atoms with E-state index in [0.717, 1.165) is 19.3 Å². The Balaban J connectivity index is 0.000000668. The SMILES string of the molecule is CCCCCCCCC=CCCCCCCCC(=O)[O-].Cn1cnc2c1c(=O)[n-]c(=O)n2C.[Mg+2]. The zero-order valence-electron chi connectivity index (χ0n) is 21.3. The molecule has 0 radical (unpaired) electrons. The average Bonchev–Trinajstić information content (AvgIpc) is 3.17. The van der Waals surface area contributed by atoms with Gasteiger partial charge in [0.15, 0.2) is 11.2 Å². The Bertz CT molecular complexity index is 962. The van der Waals surface area contributed by atoms with Crippen LogP contribution >= 0.6 is 0 Å². The number of carbonyl (C=O) groups excluding carboxylic acids is 1. The molecule has 2 aromatic heterocycles. The fourth-order valence-corrected chi connectivity index (χ4v) is 3.56. The van der Waals surface area contributed by atoms with Gasteiger partial charge in [0.05, 0.1) is 12.0 Å². The minimum absolute atomic E-state index is 0. The second-order valence-electron chi connectivity index (χ2n) is 8.49. The predicted octanol–water partition coefficient (Wildman–Crippen LogP) is 2.98. The molecule has 0 fully saturated rings. The number of imidazole rings is 1. The summed E-state index contributed by atoms with van der Waals surface area (Å²) in [6.07, 6.45) is 22.4. The van der Waals surface area contributed by atoms with Crippen molar-refractivity contribution < 1.29 is 9.90 Å². The first kappa shape index (κ1) is 32.1. The number of rotatable bonds is 15. The molecule has 0 bridgehead atoms. The second-order valence-corrected chi connectivity index (χ2v) is 8.49. The van der Waals surface area contributed by atoms with Gasteiger partial charge in [-0.15, -0.1) is 0 Å². The molecule has 0 N–H and O–H groups in total. The van der Waals surface area contributed by atoms with E-state index in [9.17, 15) is 19.5 Å². The first-order chi connectivity index (χ1) is 15.9. The molecule has 9 heteroatoms. The van der Waals surface area contributed by atoms with Gasteiger partial charge in [0.1, 0.15) is 5.52 Å². The topological polar surface area (TPSA) is 111 Å². The molecular formula is C25H40MgN4O4. The van der Waals surface area contributed by atoms with Crippen molar-refractivity contribution in [3.63, 3.8) is 0 Å². The van der Waals surface area contributed by atoms with Gasteiger partial charge in [-0.25, -0.2) is 4.98 Å². The summed E-state index contributed by atoms with van der Waals surface area (Å²) >= 11 is 0. The molecule has 34 heavy (non-hydrogen) atoms. The largest absolute Gasteiger partial charge is 2.00 e. The van der Waals surface area contributed by atoms with Crippen molar-refractivity contribution >= 4 is 40.2 Å². The summed E-state index contributed by atoms with van der Waals surface area (Å²) in [4.78, 5) is 39.8. The summed E-state index contributed by atoms with van der Waals surface area (Å²) in [6, 6.07) is 0. The zero-order chi connectivity index (χ0) is 24.5. The molecule has 0 atom stereocenters. The minimum Gasteiger partial charge on any atom is -0.550 e. The maximum absolute atomic E-state index is 11.2. The Morgan fingerprint density at radius 1 is 0.941 bits per heavy atom. The summed E-state index contributed by atoms with van der Waals surface area (Å²) in [5.74, 6) is -0.914. The summed E-state index contributed by atoms with van der Waals surface area (Å²) in [7, 11) is 3.22. The molecule has 2 rings (SSSR count). The van der Waals surface area contributed by atoms with Gasteiger partial charge in [-0.2, -0.15) is 0 Å². The quantitative estimate of drug-likeness (QED) is 0.218. The van der Waals surface area contributed by atoms with Crippen LogP contribution in [0.3, 0.4) is 0 Å². The smallest absolute Gasteiger partial charge is 0.550 e. The van der Waals surface area contributed by atoms with Crippen molar-refractivity contribution in [2.75, 3.05) is 0 Å². The summed E-state index contributed by atoms with van der Waals surface area (Å²) in [5.41, 5.74) is -0.385. The Kier molecular flexibility index (Phi) is 18.4. The maximum Gasteiger partial charge on any atom is 2.00 e. The number of unbranched alkanes of at least 4 members (excludes halogenated alkanes) is 11. The number of aromatic nitrogens is 4. The molecule has 0 saturated carbocycles. The molecule has 0 amide bonds. The summed E-state index contributed by atoms with van der Waals surface area (Å²) in [5, 5.41) is 10.2. The van der Waals surface area contributed by atoms with Crippen LogP contribution in [0.1, 0.15) is 96.8 Å². The van der Waals surface area contributed by atoms with E-state index in [1.807, 2.05) is 0 Å². The number of hydrogen-bond acceptors (Lipinski definition) is 5. The van der Waals surface area contributed by atoms with Crippen LogP contribution in [0.25, 0.3) is 11.2 Å². The zero-order valence-corrected chi connectivity index (χ0v) is 22.7. The number of allylic oxidation sites excluding steroid dienone is 2. The van der Waals surface area contributed by atoms with Crippen LogP contribution < -0.4 is 21.3 Å². The van der Waals surface area contributed by atoms with Gasteiger partial charge < -0.3 is 24.0 Å². The van der Waals surface area contributed by atoms with Gasteiger partial charge in [0.25, 0.3) is 0 Å². The maximum atomic E-state index is 11.2. The molecule has 0 unspecified atom stereocenters. The number of carbonyl (C=O) groups is 1. The monoisotopic (exact) mass is 484 g/mol. The number of hydrogen-bond donors (Lipinski definition) is 0. The van der Waals surface area contributed by atoms with Crippen molar-refractivity contribution in [2.24, 2.45) is 14.1 Å². The molecule has 0 aliphatic rings. The number of aryl methyl sites for hydroxylation is 2. The molecule has 2 heterocycles. The molecular weight excluding hydrogens is 445 g/mol. The molecule has 0 spiro atoms. The molecule has 8 nitrogen and oxygen atoms in total. The Morgan fingerprint density at radius 3 is 2.03 bits per heavy atom. The first-order valence-corrected chi connectivity index (χ1v) is 12.3. The Labute approximate surface area is 219 Å². The minimum atomic E-state index is -0.914. The standard InChI is InChI=1S/C18H34O2.C7H8N4O2.Mg/c1-2-3-4-5-6-7-8-9-10-11-12-13-14-15-16-17-18(19)20;1-10-3-8-5-4(10)6(12)9-7(13)11(5)2;/h9-10H,2-8,11-17H2,1H3,(H,19,20);3H,1-2H3,(H,9,12,13);/q;;+2/p-2. The molecule has 0 saturated heterocycles. The third-order valence-corrected chi connectivity index (χ3v) is 5.56. The Morgan fingerprint density at radius 2 is 1.47 bits per heavy atom. The molecule has 0 aromatic carbocycles. The first-order valence-electron chi connectivity index (χ1n) is 12.3. The molecule has 186 valence electrons. The number of aliphatic carboxylic acids is 1. The van der Waals surface area contributed by atoms with Crippen molar-refractivity contribution in [1.29, 1.82) is 0 Å². The van der Waals surface area contributed by atoms with Crippen LogP contribution in [-0.2, 0) is 18.9 Å². The van der Waals surface area contributed by atoms with Crippen LogP contribution in [0.2, 0.25) is 0 Å². The van der Waals surface area contributed by atoms with E-state index >= 15 is 0 Å². The summed E-state index contributed by atoms with van der Waals surface area (Å²) in [6.45, 7) is 2.26. The average molecular weight is 485 g/mol. The fraction of sp³-hybridized carbons (Fsp3) is 0.680. The van der Waals surface area contributed by atoms with Gasteiger partial charge in [0, 0.05) is 13.0 Å². The van der Waals surface area contributed by atoms with E-state index in [4.69, 9.17) is 0 Å². The molecule has 0 aliphatic carbocycles. The van der Waals surface area contributed by atoms with Crippen molar-refractivity contribution in [2.45, 2.75) is 96.8 Å². The van der Waals surface area contributed by atoms with Gasteiger partial charge in [-0.1, -0.05) is 77.5 Å². The molecule has 2 aromatic rings. The number of carboxylic acid groups (broad SMARTS) is 1. The van der Waals surface area contributed by atoms with E-state index in [0.29, 0.717) is 11.2 Å². The predicted molar refractivity (Wildman–Crippen MR) is 136 cm³/mol. The van der Waals surface area contributed by atoms with E-state index in [2.05, 4.69) is 29.0 Å². The fourth-order valence-electron chi connectivity index (χ4n) is 3.56. The number of nitrogens with zero attached hydrogens (tertiary/aromatic N) is 4. The van der Waals surface area contributed by atoms with E-state index in [-0.39, 0.29) is 29.5 Å². The van der Waals surface area contributed by atoms with Gasteiger partial charge in [0.2, 0.25) is 0 Å². The van der Waals surface area contributed by atoms with E-state index in [1.54, 1.807) is 11.6 Å². The number of fused-ring (bicyclic) bond motifs is 1. The van der Waals surface area contributed by atoms with Gasteiger partial charge in [-0.3, -0.25) is 9.59 Å². The van der Waals surface area contributed by atoms with Crippen LogP contribution in [0.4, 0.5) is 0 Å². The van der Waals surface area contributed by atoms with Crippen molar-refractivity contribution in [1.82, 2.24) is 19.1 Å². The molecule has 0 aliphatic heterocycles. The number of carboxylic acids is 1. The van der Waals surface area contributed by atoms with Crippen LogP contribution in [-0.4, -0.2) is 43.1 Å². The van der Waals surface area contributed by atoms with Crippen molar-refractivity contribution in [3.05, 3.63) is 39.3 Å². The third-order valence-electron chi connectivity index (χ3n) is 5.56. The third kappa shape index (κ3) is 13.1. The van der Waals surface area contributed by atoms with Crippen molar-refractivity contribution in [3.8, 4) is 0 Å². The van der Waals surface area contributed by atoms with E-state index in [1.165, 1.54) is 82.2 Å². The second kappa shape index (κ2) is 19.4. The van der Waals surface area contributed by atoms with Gasteiger partial charge >= 0.3 is 23.1 Å². The van der Waals surface area contributed by atoms with Crippen LogP contribution in [0.5, 0.6) is 0 Å². The van der Waals surface area contributed by atoms with Crippen LogP contribution in [0.15, 0.2) is 28.1 Å². The Hall–Kier alpha value is -1.87. The summed E-state index contributed by atoms with van der Waals surface area (Å²) < 4.78 is 2.79. The normalized spacial score (nSPS) is 10.8. The van der Waals surface area contributed by atoms with Gasteiger partial charge in [-0.05, 0) is 38.5 Å².